The van der Waals surface area contributed by atoms with Gasteiger partial charge >= 0.3 is 5.97 Å². The Kier molecular flexibility index (Phi) is 4.78. The number of aliphatic hydroxyl groups excluding tert-OH is 1. The number of methoxy groups -OCH3 is 1. The number of benzene rings is 1. The fourth-order valence-electron chi connectivity index (χ4n) is 1.65. The first-order valence-corrected chi connectivity index (χ1v) is 5.54. The molecule has 0 aliphatic heterocycles. The van der Waals surface area contributed by atoms with Crippen LogP contribution in [0.15, 0.2) is 12.1 Å². The zero-order valence-electron chi connectivity index (χ0n) is 9.74. The van der Waals surface area contributed by atoms with E-state index in [0.29, 0.717) is 16.3 Å². The van der Waals surface area contributed by atoms with Crippen molar-refractivity contribution in [3.05, 3.63) is 28.3 Å². The predicted octanol–water partition coefficient (Wildman–Crippen LogP) is 2.21. The first-order chi connectivity index (χ1) is 7.99. The van der Waals surface area contributed by atoms with Crippen molar-refractivity contribution in [3.8, 4) is 5.75 Å². The van der Waals surface area contributed by atoms with Gasteiger partial charge in [-0.2, -0.15) is 0 Å². The minimum Gasteiger partial charge on any atom is -0.496 e. The van der Waals surface area contributed by atoms with E-state index >= 15 is 0 Å². The third-order valence-electron chi connectivity index (χ3n) is 2.59. The quantitative estimate of drug-likeness (QED) is 0.850. The molecule has 94 valence electrons. The van der Waals surface area contributed by atoms with E-state index in [-0.39, 0.29) is 13.0 Å². The molecule has 5 heteroatoms. The average molecular weight is 259 g/mol. The summed E-state index contributed by atoms with van der Waals surface area (Å²) >= 11 is 6.00. The molecule has 4 nitrogen and oxygen atoms in total. The van der Waals surface area contributed by atoms with Crippen LogP contribution in [0, 0.1) is 6.92 Å². The summed E-state index contributed by atoms with van der Waals surface area (Å²) in [5.74, 6) is -0.935. The van der Waals surface area contributed by atoms with Gasteiger partial charge in [0.15, 0.2) is 0 Å². The molecule has 0 radical (unpaired) electrons. The maximum Gasteiger partial charge on any atom is 0.304 e. The average Bonchev–Trinajstić information content (AvgIpc) is 2.28. The lowest BCUT2D eigenvalue weighted by molar-refractivity contribution is -0.137. The van der Waals surface area contributed by atoms with Gasteiger partial charge in [0.05, 0.1) is 20.1 Å². The van der Waals surface area contributed by atoms with E-state index in [1.165, 1.54) is 7.11 Å². The van der Waals surface area contributed by atoms with Crippen LogP contribution < -0.4 is 4.74 Å². The fourth-order valence-corrected chi connectivity index (χ4v) is 1.82. The largest absolute Gasteiger partial charge is 0.496 e. The molecular weight excluding hydrogens is 244 g/mol. The summed E-state index contributed by atoms with van der Waals surface area (Å²) in [7, 11) is 1.50. The summed E-state index contributed by atoms with van der Waals surface area (Å²) in [6.07, 6.45) is -0.160. The number of halogens is 1. The maximum absolute atomic E-state index is 10.7. The van der Waals surface area contributed by atoms with Gasteiger partial charge in [-0.1, -0.05) is 11.6 Å². The Morgan fingerprint density at radius 2 is 2.18 bits per heavy atom. The van der Waals surface area contributed by atoms with Crippen molar-refractivity contribution in [2.75, 3.05) is 13.7 Å². The fraction of sp³-hybridized carbons (Fsp3) is 0.417. The number of hydrogen-bond donors (Lipinski definition) is 2. The number of aliphatic carboxylic acids is 1. The number of ether oxygens (including phenoxy) is 1. The van der Waals surface area contributed by atoms with Crippen molar-refractivity contribution in [3.63, 3.8) is 0 Å². The van der Waals surface area contributed by atoms with Crippen LogP contribution in [0.5, 0.6) is 5.75 Å². The second kappa shape index (κ2) is 5.89. The monoisotopic (exact) mass is 258 g/mol. The van der Waals surface area contributed by atoms with Gasteiger partial charge in [0.2, 0.25) is 0 Å². The van der Waals surface area contributed by atoms with E-state index in [2.05, 4.69) is 0 Å². The number of aliphatic hydroxyl groups is 1. The highest BCUT2D eigenvalue weighted by molar-refractivity contribution is 6.31. The normalized spacial score (nSPS) is 12.2. The van der Waals surface area contributed by atoms with Crippen molar-refractivity contribution in [2.45, 2.75) is 19.3 Å². The van der Waals surface area contributed by atoms with Crippen LogP contribution in [0.3, 0.4) is 0 Å². The van der Waals surface area contributed by atoms with Gasteiger partial charge in [-0.15, -0.1) is 0 Å². The van der Waals surface area contributed by atoms with Gasteiger partial charge < -0.3 is 14.9 Å². The Morgan fingerprint density at radius 1 is 1.53 bits per heavy atom. The van der Waals surface area contributed by atoms with Crippen molar-refractivity contribution < 1.29 is 19.7 Å². The zero-order chi connectivity index (χ0) is 13.0. The van der Waals surface area contributed by atoms with Crippen molar-refractivity contribution >= 4 is 17.6 Å². The lowest BCUT2D eigenvalue weighted by Gasteiger charge is -2.17. The first kappa shape index (κ1) is 13.8. The smallest absolute Gasteiger partial charge is 0.304 e. The molecule has 0 aromatic heterocycles. The number of aryl methyl sites for hydroxylation is 1. The number of rotatable bonds is 5. The van der Waals surface area contributed by atoms with Gasteiger partial charge in [-0.05, 0) is 24.6 Å². The first-order valence-electron chi connectivity index (χ1n) is 5.16. The Labute approximate surface area is 105 Å². The molecule has 0 heterocycles. The standard InChI is InChI=1S/C12H15ClO4/c1-7-3-11(17-2)9(5-10(7)13)8(6-14)4-12(15)16/h3,5,8,14H,4,6H2,1-2H3,(H,15,16). The van der Waals surface area contributed by atoms with Crippen LogP contribution in [0.2, 0.25) is 5.02 Å². The molecule has 1 unspecified atom stereocenters. The summed E-state index contributed by atoms with van der Waals surface area (Å²) in [5, 5.41) is 18.6. The van der Waals surface area contributed by atoms with Gasteiger partial charge in [-0.3, -0.25) is 4.79 Å². The molecule has 1 atom stereocenters. The number of carboxylic acid groups (broad SMARTS) is 1. The van der Waals surface area contributed by atoms with Crippen LogP contribution in [0.4, 0.5) is 0 Å². The third-order valence-corrected chi connectivity index (χ3v) is 3.00. The molecule has 0 saturated carbocycles. The molecule has 2 N–H and O–H groups in total. The highest BCUT2D eigenvalue weighted by Crippen LogP contribution is 2.33. The van der Waals surface area contributed by atoms with Crippen LogP contribution in [0.1, 0.15) is 23.5 Å². The lowest BCUT2D eigenvalue weighted by atomic mass is 9.94. The molecule has 0 aliphatic rings. The summed E-state index contributed by atoms with van der Waals surface area (Å²) < 4.78 is 5.18. The summed E-state index contributed by atoms with van der Waals surface area (Å²) in [6, 6.07) is 3.39. The molecule has 1 aromatic carbocycles. The van der Waals surface area contributed by atoms with Crippen LogP contribution in [0.25, 0.3) is 0 Å². The zero-order valence-corrected chi connectivity index (χ0v) is 10.5. The van der Waals surface area contributed by atoms with Crippen LogP contribution >= 0.6 is 11.6 Å². The molecular formula is C12H15ClO4. The highest BCUT2D eigenvalue weighted by Gasteiger charge is 2.19. The van der Waals surface area contributed by atoms with E-state index in [0.717, 1.165) is 5.56 Å². The summed E-state index contributed by atoms with van der Waals surface area (Å²) in [5.41, 5.74) is 1.47. The Morgan fingerprint density at radius 3 is 2.65 bits per heavy atom. The van der Waals surface area contributed by atoms with E-state index in [1.807, 2.05) is 6.92 Å². The van der Waals surface area contributed by atoms with Crippen LogP contribution in [-0.2, 0) is 4.79 Å². The predicted molar refractivity (Wildman–Crippen MR) is 64.8 cm³/mol. The third kappa shape index (κ3) is 3.35. The number of carboxylic acids is 1. The van der Waals surface area contributed by atoms with E-state index in [4.69, 9.17) is 21.4 Å². The second-order valence-corrected chi connectivity index (χ2v) is 4.23. The van der Waals surface area contributed by atoms with Crippen LogP contribution in [-0.4, -0.2) is 29.9 Å². The van der Waals surface area contributed by atoms with Gasteiger partial charge in [0.1, 0.15) is 5.75 Å². The molecule has 1 rings (SSSR count). The topological polar surface area (TPSA) is 66.8 Å². The maximum atomic E-state index is 10.7. The van der Waals surface area contributed by atoms with Gasteiger partial charge in [0, 0.05) is 16.5 Å². The molecule has 0 saturated heterocycles. The molecule has 0 spiro atoms. The van der Waals surface area contributed by atoms with E-state index in [1.54, 1.807) is 12.1 Å². The Balaban J connectivity index is 3.17. The molecule has 0 aliphatic carbocycles. The molecule has 0 fully saturated rings. The van der Waals surface area contributed by atoms with Crippen molar-refractivity contribution in [1.29, 1.82) is 0 Å². The minimum atomic E-state index is -0.970. The highest BCUT2D eigenvalue weighted by atomic mass is 35.5. The molecule has 17 heavy (non-hydrogen) atoms. The second-order valence-electron chi connectivity index (χ2n) is 3.82. The van der Waals surface area contributed by atoms with Gasteiger partial charge in [-0.25, -0.2) is 0 Å². The van der Waals surface area contributed by atoms with Crippen molar-refractivity contribution in [2.24, 2.45) is 0 Å². The summed E-state index contributed by atoms with van der Waals surface area (Å²) in [6.45, 7) is 1.57. The van der Waals surface area contributed by atoms with Crippen molar-refractivity contribution in [1.82, 2.24) is 0 Å². The Hall–Kier alpha value is -1.26. The Bertz CT molecular complexity index is 417. The molecule has 0 bridgehead atoms. The number of hydrogen-bond acceptors (Lipinski definition) is 3. The summed E-state index contributed by atoms with van der Waals surface area (Å²) in [4.78, 5) is 10.7. The minimum absolute atomic E-state index is 0.160. The molecule has 0 amide bonds. The van der Waals surface area contributed by atoms with E-state index in [9.17, 15) is 9.90 Å². The number of carbonyl (C=O) groups is 1. The lowest BCUT2D eigenvalue weighted by Crippen LogP contribution is -2.11. The van der Waals surface area contributed by atoms with Gasteiger partial charge in [0.25, 0.3) is 0 Å². The van der Waals surface area contributed by atoms with E-state index < -0.39 is 11.9 Å². The molecule has 1 aromatic rings. The SMILES string of the molecule is COc1cc(C)c(Cl)cc1C(CO)CC(=O)O.